The molecule has 2 fully saturated rings. The molecule has 0 saturated carbocycles. The Morgan fingerprint density at radius 3 is 2.88 bits per heavy atom. The smallest absolute Gasteiger partial charge is 0.243 e. The number of nitrogens with zero attached hydrogens (tertiary/aromatic N) is 3. The SMILES string of the molecule is Cc1cccc(S(=O)(=O)N2CC3(CC(Oc4cnccn4)CCO3)C2)c1. The van der Waals surface area contributed by atoms with E-state index in [0.717, 1.165) is 12.0 Å². The number of aryl methyl sites for hydroxylation is 1. The summed E-state index contributed by atoms with van der Waals surface area (Å²) in [6.45, 7) is 3.13. The first-order valence-corrected chi connectivity index (χ1v) is 10.0. The Morgan fingerprint density at radius 2 is 2.15 bits per heavy atom. The van der Waals surface area contributed by atoms with Gasteiger partial charge in [-0.05, 0) is 24.6 Å². The monoisotopic (exact) mass is 375 g/mol. The molecule has 138 valence electrons. The van der Waals surface area contributed by atoms with Crippen LogP contribution in [0.25, 0.3) is 0 Å². The van der Waals surface area contributed by atoms with Crippen LogP contribution in [0.3, 0.4) is 0 Å². The van der Waals surface area contributed by atoms with Crippen LogP contribution in [0.1, 0.15) is 18.4 Å². The Morgan fingerprint density at radius 1 is 1.31 bits per heavy atom. The Hall–Kier alpha value is -2.03. The van der Waals surface area contributed by atoms with Gasteiger partial charge in [-0.3, -0.25) is 4.98 Å². The van der Waals surface area contributed by atoms with Gasteiger partial charge in [-0.2, -0.15) is 4.31 Å². The predicted molar refractivity (Wildman–Crippen MR) is 94.3 cm³/mol. The van der Waals surface area contributed by atoms with Gasteiger partial charge in [0.1, 0.15) is 6.10 Å². The van der Waals surface area contributed by atoms with Crippen LogP contribution in [-0.4, -0.2) is 54.1 Å². The van der Waals surface area contributed by atoms with Crippen molar-refractivity contribution in [2.45, 2.75) is 36.4 Å². The second-order valence-electron chi connectivity index (χ2n) is 6.90. The van der Waals surface area contributed by atoms with E-state index in [4.69, 9.17) is 9.47 Å². The zero-order valence-corrected chi connectivity index (χ0v) is 15.4. The molecule has 1 aromatic heterocycles. The molecule has 2 aromatic rings. The minimum Gasteiger partial charge on any atom is -0.473 e. The lowest BCUT2D eigenvalue weighted by Crippen LogP contribution is -2.67. The standard InChI is InChI=1S/C18H21N3O4S/c1-14-3-2-4-16(9-14)26(22,23)21-12-18(13-21)10-15(5-8-24-18)25-17-11-19-6-7-20-17/h2-4,6-7,9,11,15H,5,8,10,12-13H2,1H3. The Labute approximate surface area is 153 Å². The van der Waals surface area contributed by atoms with Crippen LogP contribution in [0.15, 0.2) is 47.8 Å². The molecule has 2 aliphatic rings. The number of hydrogen-bond acceptors (Lipinski definition) is 6. The van der Waals surface area contributed by atoms with Gasteiger partial charge in [-0.25, -0.2) is 13.4 Å². The fourth-order valence-electron chi connectivity index (χ4n) is 3.51. The van der Waals surface area contributed by atoms with Gasteiger partial charge in [0.05, 0.1) is 23.3 Å². The Balaban J connectivity index is 1.42. The highest BCUT2D eigenvalue weighted by molar-refractivity contribution is 7.89. The van der Waals surface area contributed by atoms with Gasteiger partial charge < -0.3 is 9.47 Å². The van der Waals surface area contributed by atoms with E-state index in [1.54, 1.807) is 36.8 Å². The van der Waals surface area contributed by atoms with Crippen molar-refractivity contribution in [1.82, 2.24) is 14.3 Å². The first-order chi connectivity index (χ1) is 12.5. The largest absolute Gasteiger partial charge is 0.473 e. The first kappa shape index (κ1) is 17.4. The number of sulfonamides is 1. The van der Waals surface area contributed by atoms with Crippen LogP contribution in [0.2, 0.25) is 0 Å². The second-order valence-corrected chi connectivity index (χ2v) is 8.84. The minimum absolute atomic E-state index is 0.0516. The van der Waals surface area contributed by atoms with E-state index in [2.05, 4.69) is 9.97 Å². The molecule has 1 unspecified atom stereocenters. The van der Waals surface area contributed by atoms with Crippen LogP contribution >= 0.6 is 0 Å². The second kappa shape index (κ2) is 6.61. The number of benzene rings is 1. The Kier molecular flexibility index (Phi) is 4.42. The maximum atomic E-state index is 12.8. The summed E-state index contributed by atoms with van der Waals surface area (Å²) in [7, 11) is -3.49. The van der Waals surface area contributed by atoms with E-state index < -0.39 is 15.6 Å². The molecule has 4 rings (SSSR count). The van der Waals surface area contributed by atoms with Gasteiger partial charge in [0.15, 0.2) is 0 Å². The molecule has 2 saturated heterocycles. The molecule has 0 aliphatic carbocycles. The highest BCUT2D eigenvalue weighted by Gasteiger charge is 2.52. The lowest BCUT2D eigenvalue weighted by molar-refractivity contribution is -0.165. The molecule has 0 amide bonds. The molecule has 0 radical (unpaired) electrons. The number of rotatable bonds is 4. The summed E-state index contributed by atoms with van der Waals surface area (Å²) in [5, 5.41) is 0. The average molecular weight is 375 g/mol. The molecule has 0 bridgehead atoms. The van der Waals surface area contributed by atoms with Crippen LogP contribution < -0.4 is 4.74 Å². The van der Waals surface area contributed by atoms with Crippen molar-refractivity contribution >= 4 is 10.0 Å². The Bertz CT molecular complexity index is 882. The number of aromatic nitrogens is 2. The molecule has 0 N–H and O–H groups in total. The van der Waals surface area contributed by atoms with Crippen molar-refractivity contribution in [3.05, 3.63) is 48.4 Å². The summed E-state index contributed by atoms with van der Waals surface area (Å²) in [5.74, 6) is 0.484. The van der Waals surface area contributed by atoms with Crippen LogP contribution in [0, 0.1) is 6.92 Å². The maximum Gasteiger partial charge on any atom is 0.243 e. The van der Waals surface area contributed by atoms with Crippen molar-refractivity contribution in [1.29, 1.82) is 0 Å². The zero-order chi connectivity index (χ0) is 18.2. The highest BCUT2D eigenvalue weighted by atomic mass is 32.2. The third-order valence-corrected chi connectivity index (χ3v) is 6.62. The van der Waals surface area contributed by atoms with Crippen molar-refractivity contribution in [3.63, 3.8) is 0 Å². The van der Waals surface area contributed by atoms with Crippen molar-refractivity contribution in [2.75, 3.05) is 19.7 Å². The van der Waals surface area contributed by atoms with E-state index in [1.807, 2.05) is 13.0 Å². The zero-order valence-electron chi connectivity index (χ0n) is 14.5. The van der Waals surface area contributed by atoms with E-state index in [0.29, 0.717) is 36.9 Å². The summed E-state index contributed by atoms with van der Waals surface area (Å²) in [6.07, 6.45) is 6.11. The van der Waals surface area contributed by atoms with Crippen LogP contribution in [0.4, 0.5) is 0 Å². The molecular formula is C18H21N3O4S. The third-order valence-electron chi connectivity index (χ3n) is 4.83. The summed E-state index contributed by atoms with van der Waals surface area (Å²) >= 11 is 0. The lowest BCUT2D eigenvalue weighted by Gasteiger charge is -2.51. The summed E-state index contributed by atoms with van der Waals surface area (Å²) in [6, 6.07) is 6.98. The van der Waals surface area contributed by atoms with E-state index in [9.17, 15) is 8.42 Å². The van der Waals surface area contributed by atoms with Crippen LogP contribution in [-0.2, 0) is 14.8 Å². The predicted octanol–water partition coefficient (Wildman–Crippen LogP) is 1.79. The third kappa shape index (κ3) is 3.32. The summed E-state index contributed by atoms with van der Waals surface area (Å²) in [5.41, 5.74) is 0.454. The fraction of sp³-hybridized carbons (Fsp3) is 0.444. The van der Waals surface area contributed by atoms with E-state index >= 15 is 0 Å². The number of hydrogen-bond donors (Lipinski definition) is 0. The van der Waals surface area contributed by atoms with E-state index in [-0.39, 0.29) is 6.10 Å². The molecule has 8 heteroatoms. The van der Waals surface area contributed by atoms with Crippen molar-refractivity contribution < 1.29 is 17.9 Å². The molecule has 1 spiro atoms. The van der Waals surface area contributed by atoms with E-state index in [1.165, 1.54) is 4.31 Å². The summed E-state index contributed by atoms with van der Waals surface area (Å²) < 4.78 is 38.9. The molecule has 3 heterocycles. The molecule has 7 nitrogen and oxygen atoms in total. The van der Waals surface area contributed by atoms with Crippen molar-refractivity contribution in [2.24, 2.45) is 0 Å². The fourth-order valence-corrected chi connectivity index (χ4v) is 5.21. The van der Waals surface area contributed by atoms with Gasteiger partial charge in [-0.1, -0.05) is 12.1 Å². The quantitative estimate of drug-likeness (QED) is 0.810. The molecule has 1 aromatic carbocycles. The highest BCUT2D eigenvalue weighted by Crippen LogP contribution is 2.38. The van der Waals surface area contributed by atoms with Gasteiger partial charge >= 0.3 is 0 Å². The summed E-state index contributed by atoms with van der Waals surface area (Å²) in [4.78, 5) is 8.46. The molecular weight excluding hydrogens is 354 g/mol. The van der Waals surface area contributed by atoms with Crippen LogP contribution in [0.5, 0.6) is 5.88 Å². The number of ether oxygens (including phenoxy) is 2. The molecule has 1 atom stereocenters. The minimum atomic E-state index is -3.49. The molecule has 2 aliphatic heterocycles. The van der Waals surface area contributed by atoms with Gasteiger partial charge in [-0.15, -0.1) is 0 Å². The van der Waals surface area contributed by atoms with Gasteiger partial charge in [0.25, 0.3) is 0 Å². The molecule has 26 heavy (non-hydrogen) atoms. The maximum absolute atomic E-state index is 12.8. The van der Waals surface area contributed by atoms with Gasteiger partial charge in [0.2, 0.25) is 15.9 Å². The first-order valence-electron chi connectivity index (χ1n) is 8.60. The average Bonchev–Trinajstić information content (AvgIpc) is 2.61. The lowest BCUT2D eigenvalue weighted by atomic mass is 9.86. The normalized spacial score (nSPS) is 22.7. The van der Waals surface area contributed by atoms with Crippen molar-refractivity contribution in [3.8, 4) is 5.88 Å². The topological polar surface area (TPSA) is 81.6 Å². The van der Waals surface area contributed by atoms with Gasteiger partial charge in [0, 0.05) is 38.3 Å².